The maximum Gasteiger partial charge on any atom is 0.212 e. The van der Waals surface area contributed by atoms with Crippen molar-refractivity contribution < 1.29 is 0 Å². The molecule has 6 N–H and O–H groups in total. The van der Waals surface area contributed by atoms with E-state index in [1.54, 1.807) is 11.8 Å². The summed E-state index contributed by atoms with van der Waals surface area (Å²) in [6, 6.07) is 0.214. The zero-order valence-corrected chi connectivity index (χ0v) is 10.1. The minimum atomic E-state index is 0.0409. The van der Waals surface area contributed by atoms with Crippen LogP contribution in [0.15, 0.2) is 10.4 Å². The quantitative estimate of drug-likeness (QED) is 0.521. The van der Waals surface area contributed by atoms with E-state index in [1.807, 2.05) is 12.3 Å². The molecule has 0 spiro atoms. The third-order valence-electron chi connectivity index (χ3n) is 1.40. The third-order valence-corrected chi connectivity index (χ3v) is 3.44. The number of thiazole rings is 1. The van der Waals surface area contributed by atoms with Gasteiger partial charge in [-0.1, -0.05) is 0 Å². The molecule has 0 radical (unpaired) electrons. The number of nitrogens with zero attached hydrogens (tertiary/aromatic N) is 2. The van der Waals surface area contributed by atoms with Gasteiger partial charge in [-0.2, -0.15) is 16.8 Å². The molecule has 5 nitrogen and oxygen atoms in total. The molecule has 1 aromatic rings. The molecule has 0 aliphatic carbocycles. The van der Waals surface area contributed by atoms with E-state index in [0.29, 0.717) is 5.13 Å². The van der Waals surface area contributed by atoms with Crippen LogP contribution in [0.2, 0.25) is 0 Å². The molecule has 0 aromatic carbocycles. The molecule has 0 bridgehead atoms. The van der Waals surface area contributed by atoms with Crippen LogP contribution in [0.25, 0.3) is 0 Å². The minimum absolute atomic E-state index is 0.0409. The van der Waals surface area contributed by atoms with Gasteiger partial charge in [-0.3, -0.25) is 0 Å². The highest BCUT2D eigenvalue weighted by Crippen LogP contribution is 2.21. The van der Waals surface area contributed by atoms with Crippen molar-refractivity contribution in [3.63, 3.8) is 0 Å². The fraction of sp³-hybridized carbons (Fsp3) is 0.500. The summed E-state index contributed by atoms with van der Waals surface area (Å²) in [4.78, 5) is 8.13. The molecule has 0 amide bonds. The first-order valence-corrected chi connectivity index (χ1v) is 6.48. The van der Waals surface area contributed by atoms with Gasteiger partial charge >= 0.3 is 0 Å². The Labute approximate surface area is 97.2 Å². The van der Waals surface area contributed by atoms with Crippen LogP contribution in [0.4, 0.5) is 5.13 Å². The summed E-state index contributed by atoms with van der Waals surface area (Å²) >= 11 is 3.19. The normalized spacial score (nSPS) is 12.4. The van der Waals surface area contributed by atoms with Crippen LogP contribution < -0.4 is 17.2 Å². The first-order valence-electron chi connectivity index (χ1n) is 4.45. The molecule has 7 heteroatoms. The maximum absolute atomic E-state index is 5.63. The van der Waals surface area contributed by atoms with Crippen LogP contribution in [0.5, 0.6) is 0 Å². The van der Waals surface area contributed by atoms with Gasteiger partial charge < -0.3 is 17.2 Å². The highest BCUT2D eigenvalue weighted by Gasteiger charge is 2.02. The zero-order chi connectivity index (χ0) is 11.3. The van der Waals surface area contributed by atoms with Gasteiger partial charge in [0, 0.05) is 22.9 Å². The Balaban J connectivity index is 2.43. The fourth-order valence-electron chi connectivity index (χ4n) is 0.874. The average molecular weight is 245 g/mol. The highest BCUT2D eigenvalue weighted by molar-refractivity contribution is 7.98. The van der Waals surface area contributed by atoms with E-state index in [4.69, 9.17) is 17.2 Å². The second-order valence-electron chi connectivity index (χ2n) is 3.15. The lowest BCUT2D eigenvalue weighted by Crippen LogP contribution is -2.21. The highest BCUT2D eigenvalue weighted by atomic mass is 32.2. The molecule has 0 aliphatic heterocycles. The van der Waals surface area contributed by atoms with E-state index < -0.39 is 0 Å². The Bertz CT molecular complexity index is 330. The predicted molar refractivity (Wildman–Crippen MR) is 67.4 cm³/mol. The molecule has 1 heterocycles. The van der Waals surface area contributed by atoms with Crippen molar-refractivity contribution >= 4 is 34.2 Å². The summed E-state index contributed by atoms with van der Waals surface area (Å²) in [7, 11) is 0. The Kier molecular flexibility index (Phi) is 4.86. The summed E-state index contributed by atoms with van der Waals surface area (Å²) in [6.07, 6.45) is 0. The Morgan fingerprint density at radius 1 is 1.67 bits per heavy atom. The van der Waals surface area contributed by atoms with Gasteiger partial charge in [0.2, 0.25) is 5.13 Å². The van der Waals surface area contributed by atoms with Crippen LogP contribution in [0, 0.1) is 0 Å². The first-order chi connectivity index (χ1) is 7.08. The molecular formula is C8H15N5S2. The van der Waals surface area contributed by atoms with Gasteiger partial charge in [-0.05, 0) is 6.92 Å². The summed E-state index contributed by atoms with van der Waals surface area (Å²) in [5.41, 5.74) is 17.1. The molecule has 15 heavy (non-hydrogen) atoms. The Morgan fingerprint density at radius 2 is 2.40 bits per heavy atom. The third kappa shape index (κ3) is 5.01. The van der Waals surface area contributed by atoms with Crippen LogP contribution in [0.3, 0.4) is 0 Å². The lowest BCUT2D eigenvalue weighted by Gasteiger charge is -2.01. The number of thioether (sulfide) groups is 1. The van der Waals surface area contributed by atoms with E-state index in [9.17, 15) is 0 Å². The van der Waals surface area contributed by atoms with Gasteiger partial charge in [0.1, 0.15) is 0 Å². The van der Waals surface area contributed by atoms with Gasteiger partial charge in [0.15, 0.2) is 5.96 Å². The summed E-state index contributed by atoms with van der Waals surface area (Å²) in [5, 5.41) is 2.56. The van der Waals surface area contributed by atoms with Gasteiger partial charge in [0.05, 0.1) is 5.69 Å². The summed E-state index contributed by atoms with van der Waals surface area (Å²) in [6.45, 7) is 1.99. The second kappa shape index (κ2) is 5.94. The maximum atomic E-state index is 5.63. The van der Waals surface area contributed by atoms with E-state index in [-0.39, 0.29) is 12.0 Å². The van der Waals surface area contributed by atoms with Crippen LogP contribution >= 0.6 is 23.1 Å². The van der Waals surface area contributed by atoms with Crippen molar-refractivity contribution in [1.29, 1.82) is 0 Å². The summed E-state index contributed by atoms with van der Waals surface area (Å²) in [5.74, 6) is 1.81. The lowest BCUT2D eigenvalue weighted by molar-refractivity contribution is 0.847. The van der Waals surface area contributed by atoms with E-state index >= 15 is 0 Å². The number of hydrogen-bond donors (Lipinski definition) is 3. The lowest BCUT2D eigenvalue weighted by atomic mass is 10.4. The van der Waals surface area contributed by atoms with Gasteiger partial charge in [-0.25, -0.2) is 4.98 Å². The molecule has 1 rings (SSSR count). The number of rotatable bonds is 5. The Hall–Kier alpha value is -0.790. The number of aromatic nitrogens is 1. The molecule has 0 saturated heterocycles. The SMILES string of the molecule is CC(N)CSCc1csc(N=C(N)N)n1. The molecule has 84 valence electrons. The van der Waals surface area contributed by atoms with Crippen LogP contribution in [-0.4, -0.2) is 22.7 Å². The average Bonchev–Trinajstić information content (AvgIpc) is 2.50. The largest absolute Gasteiger partial charge is 0.370 e. The Morgan fingerprint density at radius 3 is 3.00 bits per heavy atom. The van der Waals surface area contributed by atoms with Crippen LogP contribution in [0.1, 0.15) is 12.6 Å². The van der Waals surface area contributed by atoms with Crippen molar-refractivity contribution in [2.75, 3.05) is 5.75 Å². The van der Waals surface area contributed by atoms with E-state index in [2.05, 4.69) is 9.98 Å². The fourth-order valence-corrected chi connectivity index (χ4v) is 2.53. The minimum Gasteiger partial charge on any atom is -0.370 e. The van der Waals surface area contributed by atoms with Crippen molar-refractivity contribution in [1.82, 2.24) is 4.98 Å². The molecule has 1 aromatic heterocycles. The summed E-state index contributed by atoms with van der Waals surface area (Å²) < 4.78 is 0. The molecule has 1 atom stereocenters. The van der Waals surface area contributed by atoms with Gasteiger partial charge in [0.25, 0.3) is 0 Å². The van der Waals surface area contributed by atoms with Crippen molar-refractivity contribution in [2.45, 2.75) is 18.7 Å². The molecule has 0 fully saturated rings. The van der Waals surface area contributed by atoms with Crippen molar-refractivity contribution in [2.24, 2.45) is 22.2 Å². The number of aliphatic imine (C=N–C) groups is 1. The van der Waals surface area contributed by atoms with Crippen LogP contribution in [-0.2, 0) is 5.75 Å². The van der Waals surface area contributed by atoms with Crippen molar-refractivity contribution in [3.05, 3.63) is 11.1 Å². The molecule has 0 saturated carbocycles. The smallest absolute Gasteiger partial charge is 0.212 e. The monoisotopic (exact) mass is 245 g/mol. The topological polar surface area (TPSA) is 103 Å². The molecule has 0 aliphatic rings. The molecule has 1 unspecified atom stereocenters. The van der Waals surface area contributed by atoms with Crippen molar-refractivity contribution in [3.8, 4) is 0 Å². The second-order valence-corrected chi connectivity index (χ2v) is 5.02. The standard InChI is InChI=1S/C8H15N5S2/c1-5(9)2-14-3-6-4-15-8(12-6)13-7(10)11/h4-5H,2-3,9H2,1H3,(H4,10,11,12,13). The van der Waals surface area contributed by atoms with E-state index in [0.717, 1.165) is 17.2 Å². The van der Waals surface area contributed by atoms with Gasteiger partial charge in [-0.15, -0.1) is 11.3 Å². The number of guanidine groups is 1. The van der Waals surface area contributed by atoms with E-state index in [1.165, 1.54) is 11.3 Å². The number of hydrogen-bond acceptors (Lipinski definition) is 5. The number of nitrogens with two attached hydrogens (primary N) is 3. The first kappa shape index (κ1) is 12.3. The zero-order valence-electron chi connectivity index (χ0n) is 8.51. The predicted octanol–water partition coefficient (Wildman–Crippen LogP) is 0.628. The molecular weight excluding hydrogens is 230 g/mol.